The lowest BCUT2D eigenvalue weighted by Crippen LogP contribution is -2.01. The van der Waals surface area contributed by atoms with E-state index in [0.717, 1.165) is 33.0 Å². The molecule has 0 bridgehead atoms. The molecule has 0 saturated heterocycles. The summed E-state index contributed by atoms with van der Waals surface area (Å²) in [5.41, 5.74) is 2.10. The number of aryl methyl sites for hydroxylation is 1. The minimum atomic E-state index is 0.610. The summed E-state index contributed by atoms with van der Waals surface area (Å²) in [6, 6.07) is 7.95. The normalized spacial score (nSPS) is 10.6. The number of benzene rings is 1. The molecular formula is C15H16N4OS. The van der Waals surface area contributed by atoms with Crippen molar-refractivity contribution in [1.82, 2.24) is 9.97 Å². The minimum Gasteiger partial charge on any atom is -0.497 e. The van der Waals surface area contributed by atoms with E-state index in [9.17, 15) is 0 Å². The highest BCUT2D eigenvalue weighted by atomic mass is 32.1. The van der Waals surface area contributed by atoms with Crippen molar-refractivity contribution in [3.05, 3.63) is 35.2 Å². The van der Waals surface area contributed by atoms with Gasteiger partial charge < -0.3 is 15.4 Å². The van der Waals surface area contributed by atoms with Crippen molar-refractivity contribution in [2.24, 2.45) is 0 Å². The van der Waals surface area contributed by atoms with E-state index in [2.05, 4.69) is 20.6 Å². The highest BCUT2D eigenvalue weighted by Gasteiger charge is 2.10. The summed E-state index contributed by atoms with van der Waals surface area (Å²) in [5.74, 6) is 2.26. The molecular weight excluding hydrogens is 284 g/mol. The van der Waals surface area contributed by atoms with Crippen LogP contribution in [0, 0.1) is 6.92 Å². The number of anilines is 3. The summed E-state index contributed by atoms with van der Waals surface area (Å²) in [6.45, 7) is 2.04. The van der Waals surface area contributed by atoms with Crippen LogP contribution >= 0.6 is 11.3 Å². The summed E-state index contributed by atoms with van der Waals surface area (Å²) in [7, 11) is 3.48. The SMILES string of the molecule is CNc1nc(Nc2ccc(OC)cc2C)c2ccsc2n1. The largest absolute Gasteiger partial charge is 0.497 e. The van der Waals surface area contributed by atoms with E-state index in [4.69, 9.17) is 4.74 Å². The number of ether oxygens (including phenoxy) is 1. The van der Waals surface area contributed by atoms with Crippen LogP contribution in [0.25, 0.3) is 10.2 Å². The van der Waals surface area contributed by atoms with Crippen LogP contribution in [0.5, 0.6) is 5.75 Å². The fourth-order valence-corrected chi connectivity index (χ4v) is 2.86. The molecule has 2 aromatic heterocycles. The Morgan fingerprint density at radius 2 is 2.05 bits per heavy atom. The van der Waals surface area contributed by atoms with Crippen LogP contribution in [0.3, 0.4) is 0 Å². The van der Waals surface area contributed by atoms with Gasteiger partial charge in [0, 0.05) is 12.7 Å². The molecule has 0 atom stereocenters. The van der Waals surface area contributed by atoms with E-state index in [0.29, 0.717) is 5.95 Å². The Morgan fingerprint density at radius 1 is 1.19 bits per heavy atom. The lowest BCUT2D eigenvalue weighted by atomic mass is 10.2. The van der Waals surface area contributed by atoms with Crippen LogP contribution in [0.4, 0.5) is 17.5 Å². The predicted octanol–water partition coefficient (Wildman–Crippen LogP) is 3.79. The summed E-state index contributed by atoms with van der Waals surface area (Å²) in [4.78, 5) is 9.92. The van der Waals surface area contributed by atoms with E-state index in [1.54, 1.807) is 18.4 Å². The summed E-state index contributed by atoms with van der Waals surface area (Å²) >= 11 is 1.60. The zero-order valence-corrected chi connectivity index (χ0v) is 12.9. The molecule has 6 heteroatoms. The number of hydrogen-bond acceptors (Lipinski definition) is 6. The lowest BCUT2D eigenvalue weighted by molar-refractivity contribution is 0.414. The molecule has 0 radical (unpaired) electrons. The fourth-order valence-electron chi connectivity index (χ4n) is 2.09. The number of thiophene rings is 1. The van der Waals surface area contributed by atoms with Gasteiger partial charge in [0.1, 0.15) is 16.4 Å². The number of hydrogen-bond donors (Lipinski definition) is 2. The zero-order chi connectivity index (χ0) is 14.8. The molecule has 0 unspecified atom stereocenters. The number of fused-ring (bicyclic) bond motifs is 1. The molecule has 0 aliphatic carbocycles. The molecule has 0 aliphatic heterocycles. The van der Waals surface area contributed by atoms with Crippen molar-refractivity contribution in [2.45, 2.75) is 6.92 Å². The topological polar surface area (TPSA) is 59.1 Å². The minimum absolute atomic E-state index is 0.610. The molecule has 0 spiro atoms. The van der Waals surface area contributed by atoms with Gasteiger partial charge in [-0.3, -0.25) is 0 Å². The molecule has 2 heterocycles. The van der Waals surface area contributed by atoms with Gasteiger partial charge >= 0.3 is 0 Å². The second-order valence-electron chi connectivity index (χ2n) is 4.59. The van der Waals surface area contributed by atoms with E-state index in [1.807, 2.05) is 43.6 Å². The van der Waals surface area contributed by atoms with Crippen molar-refractivity contribution >= 4 is 39.0 Å². The second kappa shape index (κ2) is 5.57. The van der Waals surface area contributed by atoms with Crippen LogP contribution in [-0.2, 0) is 0 Å². The van der Waals surface area contributed by atoms with E-state index >= 15 is 0 Å². The van der Waals surface area contributed by atoms with E-state index < -0.39 is 0 Å². The Morgan fingerprint density at radius 3 is 2.76 bits per heavy atom. The molecule has 21 heavy (non-hydrogen) atoms. The van der Waals surface area contributed by atoms with Crippen LogP contribution in [0.2, 0.25) is 0 Å². The number of aromatic nitrogens is 2. The molecule has 0 fully saturated rings. The van der Waals surface area contributed by atoms with Crippen LogP contribution < -0.4 is 15.4 Å². The number of nitrogens with one attached hydrogen (secondary N) is 2. The molecule has 0 amide bonds. The van der Waals surface area contributed by atoms with Crippen LogP contribution in [-0.4, -0.2) is 24.1 Å². The van der Waals surface area contributed by atoms with Gasteiger partial charge in [-0.2, -0.15) is 4.98 Å². The maximum Gasteiger partial charge on any atom is 0.225 e. The van der Waals surface area contributed by atoms with Gasteiger partial charge in [-0.25, -0.2) is 4.98 Å². The van der Waals surface area contributed by atoms with E-state index in [-0.39, 0.29) is 0 Å². The average Bonchev–Trinajstić information content (AvgIpc) is 2.97. The standard InChI is InChI=1S/C15H16N4OS/c1-9-8-10(20-3)4-5-12(9)17-13-11-6-7-21-14(11)19-15(16-2)18-13/h4-8H,1-3H3,(H2,16,17,18,19). The first-order valence-electron chi connectivity index (χ1n) is 6.56. The van der Waals surface area contributed by atoms with Gasteiger partial charge in [0.05, 0.1) is 12.5 Å². The van der Waals surface area contributed by atoms with Crippen LogP contribution in [0.15, 0.2) is 29.6 Å². The Labute approximate surface area is 127 Å². The highest BCUT2D eigenvalue weighted by molar-refractivity contribution is 7.16. The Balaban J connectivity index is 2.03. The van der Waals surface area contributed by atoms with Gasteiger partial charge in [0.2, 0.25) is 5.95 Å². The molecule has 3 aromatic rings. The summed E-state index contributed by atoms with van der Waals surface area (Å²) in [6.07, 6.45) is 0. The maximum absolute atomic E-state index is 5.23. The third-order valence-electron chi connectivity index (χ3n) is 3.24. The number of rotatable bonds is 4. The van der Waals surface area contributed by atoms with Gasteiger partial charge in [-0.1, -0.05) is 0 Å². The molecule has 0 aliphatic rings. The average molecular weight is 300 g/mol. The van der Waals surface area contributed by atoms with Crippen molar-refractivity contribution < 1.29 is 4.74 Å². The van der Waals surface area contributed by atoms with Crippen molar-refractivity contribution in [3.63, 3.8) is 0 Å². The van der Waals surface area contributed by atoms with Gasteiger partial charge in [-0.05, 0) is 42.1 Å². The quantitative estimate of drug-likeness (QED) is 0.767. The van der Waals surface area contributed by atoms with Gasteiger partial charge in [0.15, 0.2) is 0 Å². The lowest BCUT2D eigenvalue weighted by Gasteiger charge is -2.12. The summed E-state index contributed by atoms with van der Waals surface area (Å²) < 4.78 is 5.23. The fraction of sp³-hybridized carbons (Fsp3) is 0.200. The number of methoxy groups -OCH3 is 1. The molecule has 1 aromatic carbocycles. The third-order valence-corrected chi connectivity index (χ3v) is 4.04. The van der Waals surface area contributed by atoms with Crippen LogP contribution in [0.1, 0.15) is 5.56 Å². The van der Waals surface area contributed by atoms with Crippen molar-refractivity contribution in [3.8, 4) is 5.75 Å². The maximum atomic E-state index is 5.23. The first-order valence-corrected chi connectivity index (χ1v) is 7.44. The molecule has 108 valence electrons. The first-order chi connectivity index (χ1) is 10.2. The summed E-state index contributed by atoms with van der Waals surface area (Å²) in [5, 5.41) is 9.42. The molecule has 2 N–H and O–H groups in total. The molecule has 5 nitrogen and oxygen atoms in total. The predicted molar refractivity (Wildman–Crippen MR) is 88.0 cm³/mol. The highest BCUT2D eigenvalue weighted by Crippen LogP contribution is 2.30. The third kappa shape index (κ3) is 2.62. The Bertz CT molecular complexity index is 784. The van der Waals surface area contributed by atoms with Crippen molar-refractivity contribution in [1.29, 1.82) is 0 Å². The zero-order valence-electron chi connectivity index (χ0n) is 12.1. The van der Waals surface area contributed by atoms with Gasteiger partial charge in [-0.15, -0.1) is 11.3 Å². The first kappa shape index (κ1) is 13.6. The molecule has 0 saturated carbocycles. The Hall–Kier alpha value is -2.34. The molecule has 3 rings (SSSR count). The van der Waals surface area contributed by atoms with Gasteiger partial charge in [0.25, 0.3) is 0 Å². The smallest absolute Gasteiger partial charge is 0.225 e. The van der Waals surface area contributed by atoms with E-state index in [1.165, 1.54) is 0 Å². The monoisotopic (exact) mass is 300 g/mol. The Kier molecular flexibility index (Phi) is 3.62. The number of nitrogens with zero attached hydrogens (tertiary/aromatic N) is 2. The second-order valence-corrected chi connectivity index (χ2v) is 5.49. The van der Waals surface area contributed by atoms with Crippen molar-refractivity contribution in [2.75, 3.05) is 24.8 Å².